The van der Waals surface area contributed by atoms with Crippen LogP contribution >= 0.6 is 0 Å². The molecule has 0 N–H and O–H groups in total. The van der Waals surface area contributed by atoms with Crippen LogP contribution in [0.2, 0.25) is 0 Å². The Morgan fingerprint density at radius 2 is 1.75 bits per heavy atom. The van der Waals surface area contributed by atoms with Crippen molar-refractivity contribution in [1.29, 1.82) is 0 Å². The number of hydrogen-bond acceptors (Lipinski definition) is 4. The molecule has 6 heteroatoms. The summed E-state index contributed by atoms with van der Waals surface area (Å²) in [6, 6.07) is 0. The fourth-order valence-electron chi connectivity index (χ4n) is 2.96. The number of rotatable bonds is 1. The maximum Gasteiger partial charge on any atom is 0.332 e. The molecule has 0 saturated carbocycles. The number of nitrogens with zero attached hydrogens (tertiary/aromatic N) is 4. The predicted octanol–water partition coefficient (Wildman–Crippen LogP) is 0.541. The molecule has 106 valence electrons. The summed E-state index contributed by atoms with van der Waals surface area (Å²) in [7, 11) is 3.17. The third-order valence-electron chi connectivity index (χ3n) is 4.05. The van der Waals surface area contributed by atoms with Gasteiger partial charge >= 0.3 is 5.69 Å². The van der Waals surface area contributed by atoms with Gasteiger partial charge in [0.2, 0.25) is 0 Å². The molecule has 0 unspecified atom stereocenters. The standard InChI is InChI=1S/C14H18N4O2/c1-9-8-15-12-10(11(9)18-6-4-5-7-18)13(19)17(3)14(20)16(12)2/h8H,4-7H2,1-3H3. The van der Waals surface area contributed by atoms with Crippen LogP contribution in [-0.2, 0) is 14.1 Å². The fourth-order valence-corrected chi connectivity index (χ4v) is 2.96. The Labute approximate surface area is 116 Å². The predicted molar refractivity (Wildman–Crippen MR) is 78.4 cm³/mol. The van der Waals surface area contributed by atoms with Crippen LogP contribution in [0.15, 0.2) is 15.8 Å². The number of anilines is 1. The van der Waals surface area contributed by atoms with Crippen molar-refractivity contribution in [2.45, 2.75) is 19.8 Å². The largest absolute Gasteiger partial charge is 0.371 e. The van der Waals surface area contributed by atoms with Crippen molar-refractivity contribution in [3.63, 3.8) is 0 Å². The summed E-state index contributed by atoms with van der Waals surface area (Å²) in [6.45, 7) is 3.86. The lowest BCUT2D eigenvalue weighted by Gasteiger charge is -2.22. The second kappa shape index (κ2) is 4.47. The summed E-state index contributed by atoms with van der Waals surface area (Å²) in [5.74, 6) is 0. The molecule has 1 aliphatic heterocycles. The van der Waals surface area contributed by atoms with E-state index in [9.17, 15) is 9.59 Å². The molecule has 0 aliphatic carbocycles. The second-order valence-electron chi connectivity index (χ2n) is 5.39. The molecule has 6 nitrogen and oxygen atoms in total. The lowest BCUT2D eigenvalue weighted by molar-refractivity contribution is 0.707. The molecule has 1 aliphatic rings. The first-order valence-corrected chi connectivity index (χ1v) is 6.82. The van der Waals surface area contributed by atoms with Crippen LogP contribution in [0.25, 0.3) is 11.0 Å². The average molecular weight is 274 g/mol. The molecule has 20 heavy (non-hydrogen) atoms. The zero-order valence-corrected chi connectivity index (χ0v) is 12.0. The Hall–Kier alpha value is -2.11. The van der Waals surface area contributed by atoms with Crippen LogP contribution < -0.4 is 16.1 Å². The minimum atomic E-state index is -0.341. The number of aromatic nitrogens is 3. The van der Waals surface area contributed by atoms with E-state index in [2.05, 4.69) is 9.88 Å². The lowest BCUT2D eigenvalue weighted by Crippen LogP contribution is -2.38. The summed E-state index contributed by atoms with van der Waals surface area (Å²) >= 11 is 0. The number of aryl methyl sites for hydroxylation is 2. The monoisotopic (exact) mass is 274 g/mol. The van der Waals surface area contributed by atoms with Gasteiger partial charge in [0.05, 0.1) is 5.69 Å². The maximum absolute atomic E-state index is 12.5. The van der Waals surface area contributed by atoms with Gasteiger partial charge in [0, 0.05) is 33.4 Å². The van der Waals surface area contributed by atoms with Gasteiger partial charge in [0.15, 0.2) is 5.65 Å². The third-order valence-corrected chi connectivity index (χ3v) is 4.05. The Balaban J connectivity index is 2.48. The molecular weight excluding hydrogens is 256 g/mol. The highest BCUT2D eigenvalue weighted by Crippen LogP contribution is 2.28. The van der Waals surface area contributed by atoms with E-state index in [-0.39, 0.29) is 11.2 Å². The number of hydrogen-bond donors (Lipinski definition) is 0. The number of fused-ring (bicyclic) bond motifs is 1. The van der Waals surface area contributed by atoms with E-state index < -0.39 is 0 Å². The molecular formula is C14H18N4O2. The van der Waals surface area contributed by atoms with Gasteiger partial charge in [0.25, 0.3) is 5.56 Å². The van der Waals surface area contributed by atoms with Gasteiger partial charge in [-0.05, 0) is 25.3 Å². The van der Waals surface area contributed by atoms with E-state index in [1.807, 2.05) is 6.92 Å². The van der Waals surface area contributed by atoms with Crippen LogP contribution in [0.4, 0.5) is 5.69 Å². The van der Waals surface area contributed by atoms with E-state index in [4.69, 9.17) is 0 Å². The molecule has 0 atom stereocenters. The zero-order valence-electron chi connectivity index (χ0n) is 12.0. The van der Waals surface area contributed by atoms with Crippen molar-refractivity contribution in [2.75, 3.05) is 18.0 Å². The highest BCUT2D eigenvalue weighted by Gasteiger charge is 2.21. The minimum Gasteiger partial charge on any atom is -0.371 e. The summed E-state index contributed by atoms with van der Waals surface area (Å²) < 4.78 is 2.60. The molecule has 1 fully saturated rings. The van der Waals surface area contributed by atoms with E-state index in [0.717, 1.165) is 41.7 Å². The minimum absolute atomic E-state index is 0.263. The Kier molecular flexibility index (Phi) is 2.88. The third kappa shape index (κ3) is 1.67. The molecule has 0 aromatic carbocycles. The summed E-state index contributed by atoms with van der Waals surface area (Å²) in [6.07, 6.45) is 4.01. The maximum atomic E-state index is 12.5. The molecule has 2 aromatic heterocycles. The van der Waals surface area contributed by atoms with Gasteiger partial charge < -0.3 is 4.90 Å². The quantitative estimate of drug-likeness (QED) is 0.761. The van der Waals surface area contributed by atoms with Crippen LogP contribution in [-0.4, -0.2) is 27.2 Å². The molecule has 0 spiro atoms. The Bertz CT molecular complexity index is 797. The van der Waals surface area contributed by atoms with Crippen molar-refractivity contribution >= 4 is 16.7 Å². The van der Waals surface area contributed by atoms with Gasteiger partial charge in [-0.1, -0.05) is 0 Å². The van der Waals surface area contributed by atoms with Crippen LogP contribution in [0.3, 0.4) is 0 Å². The molecule has 2 aromatic rings. The van der Waals surface area contributed by atoms with Gasteiger partial charge in [-0.25, -0.2) is 9.78 Å². The van der Waals surface area contributed by atoms with Crippen molar-refractivity contribution in [3.8, 4) is 0 Å². The molecule has 0 radical (unpaired) electrons. The van der Waals surface area contributed by atoms with Crippen molar-refractivity contribution in [2.24, 2.45) is 14.1 Å². The van der Waals surface area contributed by atoms with Gasteiger partial charge in [-0.2, -0.15) is 0 Å². The first-order valence-electron chi connectivity index (χ1n) is 6.82. The van der Waals surface area contributed by atoms with Crippen molar-refractivity contribution < 1.29 is 0 Å². The number of pyridine rings is 1. The Morgan fingerprint density at radius 3 is 2.40 bits per heavy atom. The van der Waals surface area contributed by atoms with Crippen LogP contribution in [0.5, 0.6) is 0 Å². The summed E-state index contributed by atoms with van der Waals surface area (Å²) in [5.41, 5.74) is 1.77. The molecule has 1 saturated heterocycles. The molecule has 0 amide bonds. The first kappa shape index (κ1) is 12.9. The second-order valence-corrected chi connectivity index (χ2v) is 5.39. The van der Waals surface area contributed by atoms with Crippen molar-refractivity contribution in [3.05, 3.63) is 32.6 Å². The highest BCUT2D eigenvalue weighted by molar-refractivity contribution is 5.90. The topological polar surface area (TPSA) is 60.1 Å². The van der Waals surface area contributed by atoms with Crippen molar-refractivity contribution in [1.82, 2.24) is 14.1 Å². The average Bonchev–Trinajstić information content (AvgIpc) is 2.96. The van der Waals surface area contributed by atoms with Gasteiger partial charge in [-0.15, -0.1) is 0 Å². The van der Waals surface area contributed by atoms with Gasteiger partial charge in [0.1, 0.15) is 5.39 Å². The van der Waals surface area contributed by atoms with E-state index in [1.165, 1.54) is 11.6 Å². The van der Waals surface area contributed by atoms with E-state index >= 15 is 0 Å². The van der Waals surface area contributed by atoms with Crippen LogP contribution in [0.1, 0.15) is 18.4 Å². The van der Waals surface area contributed by atoms with Gasteiger partial charge in [-0.3, -0.25) is 13.9 Å². The first-order chi connectivity index (χ1) is 9.52. The van der Waals surface area contributed by atoms with Crippen LogP contribution in [0, 0.1) is 6.92 Å². The molecule has 3 heterocycles. The normalized spacial score (nSPS) is 15.2. The van der Waals surface area contributed by atoms with E-state index in [0.29, 0.717) is 11.0 Å². The fraction of sp³-hybridized carbons (Fsp3) is 0.500. The highest BCUT2D eigenvalue weighted by atomic mass is 16.2. The smallest absolute Gasteiger partial charge is 0.332 e. The van der Waals surface area contributed by atoms with E-state index in [1.54, 1.807) is 13.2 Å². The molecule has 3 rings (SSSR count). The summed E-state index contributed by atoms with van der Waals surface area (Å²) in [4.78, 5) is 31.0. The molecule has 0 bridgehead atoms. The SMILES string of the molecule is Cc1cnc2c(c1N1CCCC1)c(=O)n(C)c(=O)n2C. The summed E-state index contributed by atoms with van der Waals surface area (Å²) in [5, 5.41) is 0.552. The Morgan fingerprint density at radius 1 is 1.10 bits per heavy atom. The lowest BCUT2D eigenvalue weighted by atomic mass is 10.1. The zero-order chi connectivity index (χ0) is 14.4.